The van der Waals surface area contributed by atoms with Gasteiger partial charge in [-0.3, -0.25) is 9.59 Å². The Morgan fingerprint density at radius 1 is 1.35 bits per heavy atom. The summed E-state index contributed by atoms with van der Waals surface area (Å²) >= 11 is 0. The van der Waals surface area contributed by atoms with E-state index in [9.17, 15) is 18.4 Å². The minimum absolute atomic E-state index is 0.0515. The van der Waals surface area contributed by atoms with Gasteiger partial charge in [-0.2, -0.15) is 0 Å². The van der Waals surface area contributed by atoms with Gasteiger partial charge < -0.3 is 16.2 Å². The third kappa shape index (κ3) is 4.58. The summed E-state index contributed by atoms with van der Waals surface area (Å²) in [5.41, 5.74) is 5.25. The Kier molecular flexibility index (Phi) is 5.57. The largest absolute Gasteiger partial charge is 0.481 e. The highest BCUT2D eigenvalue weighted by Gasteiger charge is 2.20. The summed E-state index contributed by atoms with van der Waals surface area (Å²) in [4.78, 5) is 22.0. The van der Waals surface area contributed by atoms with Crippen LogP contribution in [0.15, 0.2) is 18.2 Å². The first-order chi connectivity index (χ1) is 9.31. The number of carboxylic acid groups (broad SMARTS) is 1. The third-order valence-electron chi connectivity index (χ3n) is 2.69. The molecule has 0 aromatic heterocycles. The van der Waals surface area contributed by atoms with E-state index in [1.54, 1.807) is 6.92 Å². The maximum Gasteiger partial charge on any atom is 0.305 e. The smallest absolute Gasteiger partial charge is 0.305 e. The number of rotatable bonds is 6. The first-order valence-corrected chi connectivity index (χ1v) is 6.02. The highest BCUT2D eigenvalue weighted by Crippen LogP contribution is 2.14. The summed E-state index contributed by atoms with van der Waals surface area (Å²) < 4.78 is 26.8. The Morgan fingerprint density at radius 2 is 1.90 bits per heavy atom. The first-order valence-electron chi connectivity index (χ1n) is 6.02. The molecule has 0 aliphatic rings. The molecular weight excluding hydrogens is 270 g/mol. The summed E-state index contributed by atoms with van der Waals surface area (Å²) in [6.07, 6.45) is -0.559. The van der Waals surface area contributed by atoms with Crippen LogP contribution in [0.2, 0.25) is 0 Å². The van der Waals surface area contributed by atoms with Crippen molar-refractivity contribution in [1.82, 2.24) is 5.32 Å². The van der Waals surface area contributed by atoms with Gasteiger partial charge in [-0.05, 0) is 25.5 Å². The van der Waals surface area contributed by atoms with Gasteiger partial charge in [0.2, 0.25) is 5.91 Å². The van der Waals surface area contributed by atoms with Crippen LogP contribution in [0.4, 0.5) is 8.78 Å². The predicted molar refractivity (Wildman–Crippen MR) is 67.9 cm³/mol. The Bertz CT molecular complexity index is 488. The number of benzene rings is 1. The molecule has 7 heteroatoms. The molecule has 5 nitrogen and oxygen atoms in total. The monoisotopic (exact) mass is 286 g/mol. The van der Waals surface area contributed by atoms with Crippen molar-refractivity contribution < 1.29 is 23.5 Å². The van der Waals surface area contributed by atoms with E-state index in [1.807, 2.05) is 0 Å². The predicted octanol–water partition coefficient (Wildman–Crippen LogP) is 0.814. The fraction of sp³-hybridized carbons (Fsp3) is 0.385. The minimum Gasteiger partial charge on any atom is -0.481 e. The van der Waals surface area contributed by atoms with Gasteiger partial charge in [0.05, 0.1) is 12.5 Å². The molecule has 1 rings (SSSR count). The van der Waals surface area contributed by atoms with Crippen LogP contribution in [0.25, 0.3) is 0 Å². The van der Waals surface area contributed by atoms with Gasteiger partial charge in [0.15, 0.2) is 0 Å². The Balaban J connectivity index is 2.61. The number of carboxylic acids is 1. The number of nitrogens with one attached hydrogen (secondary N) is 1. The van der Waals surface area contributed by atoms with Crippen LogP contribution in [0.1, 0.15) is 18.9 Å². The van der Waals surface area contributed by atoms with Crippen LogP contribution < -0.4 is 11.1 Å². The molecule has 110 valence electrons. The van der Waals surface area contributed by atoms with Crippen LogP contribution in [0, 0.1) is 11.6 Å². The fourth-order valence-electron chi connectivity index (χ4n) is 1.72. The van der Waals surface area contributed by atoms with E-state index < -0.39 is 42.0 Å². The van der Waals surface area contributed by atoms with E-state index in [2.05, 4.69) is 5.32 Å². The van der Waals surface area contributed by atoms with Crippen molar-refractivity contribution in [2.75, 3.05) is 0 Å². The molecule has 2 atom stereocenters. The van der Waals surface area contributed by atoms with Crippen molar-refractivity contribution >= 4 is 11.9 Å². The van der Waals surface area contributed by atoms with Crippen LogP contribution in [0.5, 0.6) is 0 Å². The molecule has 4 N–H and O–H groups in total. The van der Waals surface area contributed by atoms with E-state index in [-0.39, 0.29) is 12.0 Å². The van der Waals surface area contributed by atoms with Gasteiger partial charge in [0.25, 0.3) is 0 Å². The van der Waals surface area contributed by atoms with Gasteiger partial charge in [0.1, 0.15) is 11.6 Å². The number of hydrogen-bond acceptors (Lipinski definition) is 3. The van der Waals surface area contributed by atoms with Crippen molar-refractivity contribution in [2.45, 2.75) is 31.8 Å². The second kappa shape index (κ2) is 6.95. The maximum absolute atomic E-state index is 13.4. The lowest BCUT2D eigenvalue weighted by atomic mass is 10.1. The summed E-state index contributed by atoms with van der Waals surface area (Å²) in [6, 6.07) is 1.74. The number of amides is 1. The highest BCUT2D eigenvalue weighted by molar-refractivity contribution is 5.86. The van der Waals surface area contributed by atoms with Gasteiger partial charge in [-0.25, -0.2) is 8.78 Å². The lowest BCUT2D eigenvalue weighted by Gasteiger charge is -2.17. The molecule has 0 fully saturated rings. The Labute approximate surface area is 114 Å². The van der Waals surface area contributed by atoms with Crippen molar-refractivity contribution in [3.05, 3.63) is 35.4 Å². The number of carbonyl (C=O) groups excluding carboxylic acids is 1. The summed E-state index contributed by atoms with van der Waals surface area (Å²) in [5.74, 6) is -3.25. The van der Waals surface area contributed by atoms with Gasteiger partial charge in [-0.1, -0.05) is 6.07 Å². The van der Waals surface area contributed by atoms with Gasteiger partial charge in [0, 0.05) is 11.6 Å². The Morgan fingerprint density at radius 3 is 2.40 bits per heavy atom. The van der Waals surface area contributed by atoms with Crippen LogP contribution in [0.3, 0.4) is 0 Å². The molecule has 0 aliphatic heterocycles. The number of hydrogen-bond donors (Lipinski definition) is 3. The van der Waals surface area contributed by atoms with Crippen molar-refractivity contribution in [3.8, 4) is 0 Å². The molecule has 0 spiro atoms. The average molecular weight is 286 g/mol. The SMILES string of the molecule is CC(Cc1c(F)cccc1F)NC(=O)C(N)CC(=O)O. The second-order valence-corrected chi connectivity index (χ2v) is 4.52. The zero-order valence-electron chi connectivity index (χ0n) is 10.9. The van der Waals surface area contributed by atoms with Crippen LogP contribution in [-0.4, -0.2) is 29.1 Å². The Hall–Kier alpha value is -2.02. The number of nitrogens with two attached hydrogens (primary N) is 1. The molecule has 2 unspecified atom stereocenters. The van der Waals surface area contributed by atoms with Crippen molar-refractivity contribution in [2.24, 2.45) is 5.73 Å². The van der Waals surface area contributed by atoms with E-state index >= 15 is 0 Å². The summed E-state index contributed by atoms with van der Waals surface area (Å²) in [6.45, 7) is 1.55. The zero-order valence-corrected chi connectivity index (χ0v) is 10.9. The topological polar surface area (TPSA) is 92.4 Å². The molecule has 20 heavy (non-hydrogen) atoms. The van der Waals surface area contributed by atoms with Crippen LogP contribution in [-0.2, 0) is 16.0 Å². The summed E-state index contributed by atoms with van der Waals surface area (Å²) in [7, 11) is 0. The minimum atomic E-state index is -1.19. The molecule has 0 bridgehead atoms. The summed E-state index contributed by atoms with van der Waals surface area (Å²) in [5, 5.41) is 10.9. The molecule has 0 heterocycles. The van der Waals surface area contributed by atoms with Crippen molar-refractivity contribution in [3.63, 3.8) is 0 Å². The molecule has 0 aliphatic carbocycles. The van der Waals surface area contributed by atoms with Gasteiger partial charge in [-0.15, -0.1) is 0 Å². The molecule has 1 aromatic carbocycles. The third-order valence-corrected chi connectivity index (χ3v) is 2.69. The first kappa shape index (κ1) is 16.0. The number of carbonyl (C=O) groups is 2. The molecule has 0 saturated heterocycles. The number of halogens is 2. The van der Waals surface area contributed by atoms with Crippen LogP contribution >= 0.6 is 0 Å². The normalized spacial score (nSPS) is 13.6. The van der Waals surface area contributed by atoms with Gasteiger partial charge >= 0.3 is 5.97 Å². The lowest BCUT2D eigenvalue weighted by molar-refractivity contribution is -0.139. The van der Waals surface area contributed by atoms with E-state index in [4.69, 9.17) is 10.8 Å². The molecule has 0 radical (unpaired) electrons. The standard InChI is InChI=1S/C13H16F2N2O3/c1-7(17-13(20)11(16)6-12(18)19)5-8-9(14)3-2-4-10(8)15/h2-4,7,11H,5-6,16H2,1H3,(H,17,20)(H,18,19). The molecular formula is C13H16F2N2O3. The highest BCUT2D eigenvalue weighted by atomic mass is 19.1. The quantitative estimate of drug-likeness (QED) is 0.721. The molecule has 1 amide bonds. The molecule has 0 saturated carbocycles. The fourth-order valence-corrected chi connectivity index (χ4v) is 1.72. The maximum atomic E-state index is 13.4. The second-order valence-electron chi connectivity index (χ2n) is 4.52. The molecule has 1 aromatic rings. The van der Waals surface area contributed by atoms with Crippen molar-refractivity contribution in [1.29, 1.82) is 0 Å². The van der Waals surface area contributed by atoms with E-state index in [1.165, 1.54) is 6.07 Å². The van der Waals surface area contributed by atoms with E-state index in [0.29, 0.717) is 0 Å². The average Bonchev–Trinajstić information content (AvgIpc) is 2.33. The number of aliphatic carboxylic acids is 1. The van der Waals surface area contributed by atoms with E-state index in [0.717, 1.165) is 12.1 Å². The lowest BCUT2D eigenvalue weighted by Crippen LogP contribution is -2.46. The zero-order chi connectivity index (χ0) is 15.3.